The third-order valence-electron chi connectivity index (χ3n) is 3.19. The minimum Gasteiger partial charge on any atom is -0.322 e. The molecule has 0 amide bonds. The highest BCUT2D eigenvalue weighted by Gasteiger charge is 2.30. The first-order valence-corrected chi connectivity index (χ1v) is 6.13. The van der Waals surface area contributed by atoms with E-state index < -0.39 is 23.8 Å². The fourth-order valence-electron chi connectivity index (χ4n) is 1.98. The SMILES string of the molecule is NC(c1ccccc1)C(N)c1ccc(C(F)(F)F)cc1. The van der Waals surface area contributed by atoms with Crippen LogP contribution >= 0.6 is 0 Å². The normalized spacial score (nSPS) is 14.8. The Morgan fingerprint density at radius 2 is 1.15 bits per heavy atom. The molecule has 20 heavy (non-hydrogen) atoms. The molecule has 0 aliphatic rings. The maximum absolute atomic E-state index is 12.5. The zero-order valence-corrected chi connectivity index (χ0v) is 10.6. The predicted octanol–water partition coefficient (Wildman–Crippen LogP) is 3.41. The van der Waals surface area contributed by atoms with Gasteiger partial charge in [-0.15, -0.1) is 0 Å². The van der Waals surface area contributed by atoms with Crippen LogP contribution in [0.2, 0.25) is 0 Å². The predicted molar refractivity (Wildman–Crippen MR) is 71.7 cm³/mol. The van der Waals surface area contributed by atoms with E-state index in [9.17, 15) is 13.2 Å². The zero-order chi connectivity index (χ0) is 14.8. The molecule has 0 bridgehead atoms. The van der Waals surface area contributed by atoms with Crippen LogP contribution in [0.5, 0.6) is 0 Å². The molecule has 2 nitrogen and oxygen atoms in total. The van der Waals surface area contributed by atoms with Gasteiger partial charge in [-0.25, -0.2) is 0 Å². The van der Waals surface area contributed by atoms with E-state index >= 15 is 0 Å². The van der Waals surface area contributed by atoms with Gasteiger partial charge >= 0.3 is 6.18 Å². The van der Waals surface area contributed by atoms with Gasteiger partial charge in [-0.2, -0.15) is 13.2 Å². The highest BCUT2D eigenvalue weighted by Crippen LogP contribution is 2.31. The Morgan fingerprint density at radius 1 is 0.700 bits per heavy atom. The zero-order valence-electron chi connectivity index (χ0n) is 10.6. The van der Waals surface area contributed by atoms with Crippen molar-refractivity contribution in [2.24, 2.45) is 11.5 Å². The van der Waals surface area contributed by atoms with Gasteiger partial charge in [0.2, 0.25) is 0 Å². The highest BCUT2D eigenvalue weighted by molar-refractivity contribution is 5.30. The van der Waals surface area contributed by atoms with Gasteiger partial charge in [0.05, 0.1) is 5.56 Å². The van der Waals surface area contributed by atoms with E-state index in [1.807, 2.05) is 30.3 Å². The van der Waals surface area contributed by atoms with Gasteiger partial charge in [0.15, 0.2) is 0 Å². The molecule has 2 rings (SSSR count). The number of alkyl halides is 3. The van der Waals surface area contributed by atoms with Crippen LogP contribution in [0.1, 0.15) is 28.8 Å². The van der Waals surface area contributed by atoms with Crippen LogP contribution in [-0.4, -0.2) is 0 Å². The number of nitrogens with two attached hydrogens (primary N) is 2. The number of hydrogen-bond acceptors (Lipinski definition) is 2. The number of halogens is 3. The van der Waals surface area contributed by atoms with Crippen LogP contribution < -0.4 is 11.5 Å². The van der Waals surface area contributed by atoms with E-state index in [1.54, 1.807) is 0 Å². The summed E-state index contributed by atoms with van der Waals surface area (Å²) in [6.07, 6.45) is -4.34. The molecule has 0 saturated heterocycles. The largest absolute Gasteiger partial charge is 0.416 e. The summed E-state index contributed by atoms with van der Waals surface area (Å²) in [7, 11) is 0. The Balaban J connectivity index is 2.19. The van der Waals surface area contributed by atoms with Gasteiger partial charge in [-0.1, -0.05) is 42.5 Å². The molecule has 106 valence electrons. The molecule has 0 spiro atoms. The summed E-state index contributed by atoms with van der Waals surface area (Å²) in [5.41, 5.74) is 12.8. The van der Waals surface area contributed by atoms with Crippen LogP contribution in [0.3, 0.4) is 0 Å². The molecule has 0 aliphatic heterocycles. The summed E-state index contributed by atoms with van der Waals surface area (Å²) in [5, 5.41) is 0. The van der Waals surface area contributed by atoms with Crippen LogP contribution in [-0.2, 0) is 6.18 Å². The van der Waals surface area contributed by atoms with Crippen LogP contribution in [0.25, 0.3) is 0 Å². The molecule has 0 radical (unpaired) electrons. The first kappa shape index (κ1) is 14.6. The van der Waals surface area contributed by atoms with Crippen molar-refractivity contribution in [2.45, 2.75) is 18.3 Å². The monoisotopic (exact) mass is 280 g/mol. The molecule has 5 heteroatoms. The number of hydrogen-bond donors (Lipinski definition) is 2. The van der Waals surface area contributed by atoms with Crippen molar-refractivity contribution in [2.75, 3.05) is 0 Å². The molecule has 0 aromatic heterocycles. The van der Waals surface area contributed by atoms with Gasteiger partial charge < -0.3 is 11.5 Å². The van der Waals surface area contributed by atoms with E-state index in [2.05, 4.69) is 0 Å². The van der Waals surface area contributed by atoms with Crippen molar-refractivity contribution in [3.63, 3.8) is 0 Å². The molecule has 2 atom stereocenters. The molecule has 0 saturated carbocycles. The second kappa shape index (κ2) is 5.64. The number of rotatable bonds is 3. The van der Waals surface area contributed by atoms with Gasteiger partial charge in [-0.3, -0.25) is 0 Å². The van der Waals surface area contributed by atoms with Gasteiger partial charge in [0.1, 0.15) is 0 Å². The second-order valence-electron chi connectivity index (χ2n) is 4.58. The third-order valence-corrected chi connectivity index (χ3v) is 3.19. The van der Waals surface area contributed by atoms with E-state index in [1.165, 1.54) is 12.1 Å². The molecule has 2 aromatic carbocycles. The van der Waals surface area contributed by atoms with Crippen molar-refractivity contribution in [3.05, 3.63) is 71.3 Å². The Labute approximate surface area is 115 Å². The van der Waals surface area contributed by atoms with Crippen molar-refractivity contribution >= 4 is 0 Å². The van der Waals surface area contributed by atoms with E-state index in [0.29, 0.717) is 5.56 Å². The highest BCUT2D eigenvalue weighted by atomic mass is 19.4. The number of benzene rings is 2. The average Bonchev–Trinajstić information content (AvgIpc) is 2.46. The van der Waals surface area contributed by atoms with Crippen LogP contribution in [0.15, 0.2) is 54.6 Å². The Hall–Kier alpha value is -1.85. The van der Waals surface area contributed by atoms with Crippen LogP contribution in [0, 0.1) is 0 Å². The lowest BCUT2D eigenvalue weighted by molar-refractivity contribution is -0.137. The van der Waals surface area contributed by atoms with E-state index in [-0.39, 0.29) is 0 Å². The maximum atomic E-state index is 12.5. The first-order valence-electron chi connectivity index (χ1n) is 6.13. The quantitative estimate of drug-likeness (QED) is 0.905. The summed E-state index contributed by atoms with van der Waals surface area (Å²) >= 11 is 0. The fraction of sp³-hybridized carbons (Fsp3) is 0.200. The first-order chi connectivity index (χ1) is 9.39. The molecule has 0 aliphatic carbocycles. The van der Waals surface area contributed by atoms with Crippen molar-refractivity contribution in [1.29, 1.82) is 0 Å². The van der Waals surface area contributed by atoms with Gasteiger partial charge in [0, 0.05) is 12.1 Å². The van der Waals surface area contributed by atoms with Crippen molar-refractivity contribution < 1.29 is 13.2 Å². The lowest BCUT2D eigenvalue weighted by Crippen LogP contribution is -2.26. The van der Waals surface area contributed by atoms with Crippen LogP contribution in [0.4, 0.5) is 13.2 Å². The Kier molecular flexibility index (Phi) is 4.11. The summed E-state index contributed by atoms with van der Waals surface area (Å²) < 4.78 is 37.5. The fourth-order valence-corrected chi connectivity index (χ4v) is 1.98. The molecule has 2 unspecified atom stereocenters. The Morgan fingerprint density at radius 3 is 1.60 bits per heavy atom. The minimum atomic E-state index is -4.34. The van der Waals surface area contributed by atoms with E-state index in [0.717, 1.165) is 17.7 Å². The lowest BCUT2D eigenvalue weighted by Gasteiger charge is -2.21. The lowest BCUT2D eigenvalue weighted by atomic mass is 9.94. The smallest absolute Gasteiger partial charge is 0.322 e. The summed E-state index contributed by atoms with van der Waals surface area (Å²) in [4.78, 5) is 0. The molecular formula is C15H15F3N2. The van der Waals surface area contributed by atoms with E-state index in [4.69, 9.17) is 11.5 Å². The second-order valence-corrected chi connectivity index (χ2v) is 4.58. The molecular weight excluding hydrogens is 265 g/mol. The standard InChI is InChI=1S/C15H15F3N2/c16-15(17,18)12-8-6-11(7-9-12)14(20)13(19)10-4-2-1-3-5-10/h1-9,13-14H,19-20H2. The molecule has 4 N–H and O–H groups in total. The average molecular weight is 280 g/mol. The minimum absolute atomic E-state index is 0.465. The Bertz CT molecular complexity index is 550. The van der Waals surface area contributed by atoms with Gasteiger partial charge in [-0.05, 0) is 23.3 Å². The topological polar surface area (TPSA) is 52.0 Å². The third kappa shape index (κ3) is 3.18. The molecule has 2 aromatic rings. The molecule has 0 fully saturated rings. The summed E-state index contributed by atoms with van der Waals surface area (Å²) in [6.45, 7) is 0. The molecule has 0 heterocycles. The summed E-state index contributed by atoms with van der Waals surface area (Å²) in [6, 6.07) is 13.0. The van der Waals surface area contributed by atoms with Crippen molar-refractivity contribution in [3.8, 4) is 0 Å². The summed E-state index contributed by atoms with van der Waals surface area (Å²) in [5.74, 6) is 0. The van der Waals surface area contributed by atoms with Gasteiger partial charge in [0.25, 0.3) is 0 Å². The van der Waals surface area contributed by atoms with Crippen molar-refractivity contribution in [1.82, 2.24) is 0 Å². The maximum Gasteiger partial charge on any atom is 0.416 e.